The summed E-state index contributed by atoms with van der Waals surface area (Å²) in [6.45, 7) is 22.5. The van der Waals surface area contributed by atoms with Crippen LogP contribution in [-0.2, 0) is 119 Å². The molecule has 554 valence electrons. The number of carbonyl (C=O) groups excluding carboxylic acids is 3. The fraction of sp³-hybridized carbons (Fsp3) is 0.704. The van der Waals surface area contributed by atoms with Gasteiger partial charge in [0.15, 0.2) is 37.7 Å². The number of benzene rings is 3. The van der Waals surface area contributed by atoms with E-state index in [1.807, 2.05) is 139 Å². The smallest absolute Gasteiger partial charge is 0.302 e. The Morgan fingerprint density at radius 3 is 0.960 bits per heavy atom. The van der Waals surface area contributed by atoms with Crippen LogP contribution in [0.1, 0.15) is 107 Å². The molecular formula is C71H99N9O21. The summed E-state index contributed by atoms with van der Waals surface area (Å²) in [6.07, 6.45) is -18.0. The molecule has 0 aliphatic carbocycles. The maximum absolute atomic E-state index is 12.8. The third-order valence-electron chi connectivity index (χ3n) is 20.2. The van der Waals surface area contributed by atoms with Crippen LogP contribution in [0.5, 0.6) is 0 Å². The van der Waals surface area contributed by atoms with Gasteiger partial charge >= 0.3 is 17.9 Å². The van der Waals surface area contributed by atoms with Crippen LogP contribution in [0.15, 0.2) is 106 Å². The van der Waals surface area contributed by atoms with E-state index in [4.69, 9.17) is 85.3 Å². The van der Waals surface area contributed by atoms with Gasteiger partial charge in [0.1, 0.15) is 50.3 Å². The van der Waals surface area contributed by atoms with E-state index in [1.165, 1.54) is 27.9 Å². The standard InChI is InChI=1S/C71H99N9O21/c1-36-43(8)91-66(40(5)58(36)88-30-49-24-18-15-19-25-49)97-60-38(3)56(76-79-73)70(95-53(60)34-86-47(12)82)100-65-45(10)93-68(42(7)63(65)90-32-51-28-22-17-23-29-51)99-61-39(4)57(77-80-74)71(96-54(61)35-87-48(13)83)101-64-44(9)92-67(41(6)62(64)89-31-50-26-20-16-21-27-50)98-59-37(2)55(75-78-72)69(84-14)94-52(59)33-85-46(11)81/h15-29,36-45,52-71H,30-35H2,1-14H3/t36-,37-,38-,39-,40?,41?,42?,43?,44?,45?,52?,53?,54?,55?,56?,57?,58-,59+,60+,61+,62+,63+,64+,65-,66+,67+,68+,69-,70-,71+/m1/s1. The molecule has 3 aromatic carbocycles. The van der Waals surface area contributed by atoms with Crippen molar-refractivity contribution in [2.75, 3.05) is 26.9 Å². The lowest BCUT2D eigenvalue weighted by atomic mass is 9.85. The molecule has 0 aromatic heterocycles. The molecule has 0 radical (unpaired) electrons. The summed E-state index contributed by atoms with van der Waals surface area (Å²) in [5.41, 5.74) is 32.9. The van der Waals surface area contributed by atoms with Crippen molar-refractivity contribution in [2.45, 2.75) is 251 Å². The van der Waals surface area contributed by atoms with Gasteiger partial charge in [-0.05, 0) is 71.8 Å². The molecule has 9 rings (SSSR count). The third kappa shape index (κ3) is 19.8. The van der Waals surface area contributed by atoms with Gasteiger partial charge in [0.25, 0.3) is 0 Å². The van der Waals surface area contributed by atoms with E-state index in [1.54, 1.807) is 13.8 Å². The first-order valence-electron chi connectivity index (χ1n) is 34.8. The Morgan fingerprint density at radius 1 is 0.356 bits per heavy atom. The number of methoxy groups -OCH3 is 1. The van der Waals surface area contributed by atoms with Crippen molar-refractivity contribution < 1.29 is 99.6 Å². The summed E-state index contributed by atoms with van der Waals surface area (Å²) in [6, 6.07) is 26.0. The SMILES string of the molecule is CO[C@@H]1OC(COC(C)=O)[C@@H](O[C@@H]2OC(C)[C@H](O[C@@H]3OC(COC(C)=O)[C@@H](O[C@@H]4OC(C)[C@@H](O[C@H]5OC(COC(C)=O)[C@@H](O[C@@H]6OC(C)[C@@H](C)[C@@H](OCc7ccccc7)C6C)[C@H](C)C5N=[N+]=[N-])[C@@H](OCc5ccccc5)C4C)[C@H](C)C3N=[N+]=[N-])[C@@H](OCc3ccccc3)C2C)[C@H](C)C1N=[N+]=[N-]. The summed E-state index contributed by atoms with van der Waals surface area (Å²) in [4.78, 5) is 47.1. The highest BCUT2D eigenvalue weighted by molar-refractivity contribution is 5.66. The zero-order valence-electron chi connectivity index (χ0n) is 59.8. The lowest BCUT2D eigenvalue weighted by molar-refractivity contribution is -0.370. The lowest BCUT2D eigenvalue weighted by Gasteiger charge is -2.52. The summed E-state index contributed by atoms with van der Waals surface area (Å²) in [5, 5.41) is 12.6. The van der Waals surface area contributed by atoms with Gasteiger partial charge in [0.05, 0.1) is 92.9 Å². The van der Waals surface area contributed by atoms with Crippen LogP contribution in [0, 0.1) is 41.4 Å². The van der Waals surface area contributed by atoms with E-state index in [9.17, 15) is 31.0 Å². The molecule has 3 aromatic rings. The number of hydrogen-bond donors (Lipinski definition) is 0. The van der Waals surface area contributed by atoms with Crippen molar-refractivity contribution in [3.05, 3.63) is 139 Å². The first-order chi connectivity index (χ1) is 48.5. The van der Waals surface area contributed by atoms with E-state index in [2.05, 4.69) is 37.0 Å². The number of azide groups is 3. The highest BCUT2D eigenvalue weighted by Crippen LogP contribution is 2.44. The topological polar surface area (TPSA) is 364 Å². The zero-order valence-corrected chi connectivity index (χ0v) is 59.8. The molecule has 6 fully saturated rings. The second-order valence-corrected chi connectivity index (χ2v) is 27.3. The number of esters is 3. The summed E-state index contributed by atoms with van der Waals surface area (Å²) < 4.78 is 118. The highest BCUT2D eigenvalue weighted by atomic mass is 16.8. The normalized spacial score (nSPS) is 38.7. The molecule has 30 heteroatoms. The quantitative estimate of drug-likeness (QED) is 0.0205. The molecule has 0 amide bonds. The van der Waals surface area contributed by atoms with Gasteiger partial charge < -0.3 is 85.3 Å². The van der Waals surface area contributed by atoms with E-state index in [-0.39, 0.29) is 57.1 Å². The van der Waals surface area contributed by atoms with E-state index in [0.29, 0.717) is 6.61 Å². The fourth-order valence-electron chi connectivity index (χ4n) is 14.4. The van der Waals surface area contributed by atoms with E-state index in [0.717, 1.165) is 16.7 Å². The Morgan fingerprint density at radius 2 is 0.644 bits per heavy atom. The minimum absolute atomic E-state index is 0.000817. The fourth-order valence-corrected chi connectivity index (χ4v) is 14.4. The van der Waals surface area contributed by atoms with Crippen LogP contribution >= 0.6 is 0 Å². The van der Waals surface area contributed by atoms with Crippen LogP contribution in [-0.4, -0.2) is 186 Å². The van der Waals surface area contributed by atoms with Crippen molar-refractivity contribution in [2.24, 2.45) is 56.8 Å². The molecule has 30 nitrogen and oxygen atoms in total. The first-order valence-corrected chi connectivity index (χ1v) is 34.8. The summed E-state index contributed by atoms with van der Waals surface area (Å²) >= 11 is 0. The van der Waals surface area contributed by atoms with Crippen molar-refractivity contribution in [1.29, 1.82) is 0 Å². The number of nitrogens with zero attached hydrogens (tertiary/aromatic N) is 9. The number of carbonyl (C=O) groups is 3. The molecule has 6 aliphatic heterocycles. The van der Waals surface area contributed by atoms with Crippen LogP contribution in [0.2, 0.25) is 0 Å². The number of hydrogen-bond acceptors (Lipinski definition) is 24. The van der Waals surface area contributed by atoms with Gasteiger partial charge in [0, 0.05) is 66.3 Å². The van der Waals surface area contributed by atoms with Gasteiger partial charge in [-0.25, -0.2) is 0 Å². The van der Waals surface area contributed by atoms with Gasteiger partial charge in [-0.1, -0.05) is 155 Å². The van der Waals surface area contributed by atoms with Crippen molar-refractivity contribution >= 4 is 17.9 Å². The average Bonchev–Trinajstić information content (AvgIpc) is 0.777. The average molecular weight is 1410 g/mol. The molecule has 12 unspecified atom stereocenters. The molecule has 0 bridgehead atoms. The maximum Gasteiger partial charge on any atom is 0.302 e. The minimum atomic E-state index is -1.33. The van der Waals surface area contributed by atoms with E-state index < -0.39 is 177 Å². The number of rotatable bonds is 29. The Kier molecular flexibility index (Phi) is 28.9. The van der Waals surface area contributed by atoms with Gasteiger partial charge in [0.2, 0.25) is 0 Å². The van der Waals surface area contributed by atoms with Crippen LogP contribution in [0.4, 0.5) is 0 Å². The third-order valence-corrected chi connectivity index (χ3v) is 20.2. The molecule has 6 aliphatic rings. The van der Waals surface area contributed by atoms with Crippen LogP contribution in [0.3, 0.4) is 0 Å². The van der Waals surface area contributed by atoms with Gasteiger partial charge in [-0.2, -0.15) is 0 Å². The molecule has 6 saturated heterocycles. The molecule has 0 spiro atoms. The predicted octanol–water partition coefficient (Wildman–Crippen LogP) is 10.9. The summed E-state index contributed by atoms with van der Waals surface area (Å²) in [5.74, 6) is -5.22. The maximum atomic E-state index is 12.8. The van der Waals surface area contributed by atoms with Crippen molar-refractivity contribution in [3.63, 3.8) is 0 Å². The highest BCUT2D eigenvalue weighted by Gasteiger charge is 2.57. The number of ether oxygens (including phenoxy) is 18. The monoisotopic (exact) mass is 1410 g/mol. The van der Waals surface area contributed by atoms with Crippen LogP contribution in [0.25, 0.3) is 31.3 Å². The molecule has 101 heavy (non-hydrogen) atoms. The molecule has 30 atom stereocenters. The van der Waals surface area contributed by atoms with Crippen molar-refractivity contribution in [1.82, 2.24) is 0 Å². The zero-order chi connectivity index (χ0) is 72.6. The van der Waals surface area contributed by atoms with E-state index >= 15 is 0 Å². The predicted molar refractivity (Wildman–Crippen MR) is 358 cm³/mol. The second-order valence-electron chi connectivity index (χ2n) is 27.3. The Balaban J connectivity index is 0.966. The largest absolute Gasteiger partial charge is 0.463 e. The Hall–Kier alpha value is -6.60. The van der Waals surface area contributed by atoms with Crippen molar-refractivity contribution in [3.8, 4) is 0 Å². The minimum Gasteiger partial charge on any atom is -0.463 e. The van der Waals surface area contributed by atoms with Gasteiger partial charge in [-0.15, -0.1) is 0 Å². The van der Waals surface area contributed by atoms with Gasteiger partial charge in [-0.3, -0.25) is 14.4 Å². The van der Waals surface area contributed by atoms with Crippen LogP contribution < -0.4 is 0 Å². The lowest BCUT2D eigenvalue weighted by Crippen LogP contribution is -2.64. The first kappa shape index (κ1) is 78.5. The summed E-state index contributed by atoms with van der Waals surface area (Å²) in [7, 11) is 1.42. The Labute approximate surface area is 589 Å². The molecular weight excluding hydrogens is 1310 g/mol. The Bertz CT molecular complexity index is 3270. The molecule has 0 saturated carbocycles. The molecule has 0 N–H and O–H groups in total. The second kappa shape index (κ2) is 37.2. The molecule has 6 heterocycles.